The lowest BCUT2D eigenvalue weighted by molar-refractivity contribution is -0.116. The zero-order chi connectivity index (χ0) is 26.8. The normalized spacial score (nSPS) is 19.0. The molecule has 7 heteroatoms. The Morgan fingerprint density at radius 2 is 1.71 bits per heavy atom. The number of carbonyl (C=O) groups excluding carboxylic acids is 2. The highest BCUT2D eigenvalue weighted by Gasteiger charge is 2.42. The predicted molar refractivity (Wildman–Crippen MR) is 144 cm³/mol. The topological polar surface area (TPSA) is 76.7 Å². The second kappa shape index (κ2) is 10.5. The number of carbonyl (C=O) groups is 2. The van der Waals surface area contributed by atoms with E-state index in [9.17, 15) is 14.0 Å². The first-order valence-electron chi connectivity index (χ1n) is 12.5. The molecule has 1 aliphatic heterocycles. The minimum absolute atomic E-state index is 0.0180. The molecule has 0 saturated heterocycles. The molecule has 0 aromatic heterocycles. The van der Waals surface area contributed by atoms with Gasteiger partial charge in [-0.1, -0.05) is 42.5 Å². The van der Waals surface area contributed by atoms with Crippen LogP contribution in [0.3, 0.4) is 0 Å². The van der Waals surface area contributed by atoms with Gasteiger partial charge >= 0.3 is 0 Å². The molecule has 0 saturated carbocycles. The molecule has 0 spiro atoms. The molecule has 2 aliphatic rings. The number of dihydropyridines is 1. The lowest BCUT2D eigenvalue weighted by atomic mass is 9.71. The minimum Gasteiger partial charge on any atom is -0.497 e. The maximum absolute atomic E-state index is 14.4. The van der Waals surface area contributed by atoms with E-state index in [-0.39, 0.29) is 17.4 Å². The molecular formula is C31H29FN2O4. The van der Waals surface area contributed by atoms with Gasteiger partial charge in [-0.25, -0.2) is 4.39 Å². The van der Waals surface area contributed by atoms with Crippen LogP contribution in [-0.4, -0.2) is 25.9 Å². The van der Waals surface area contributed by atoms with E-state index in [0.29, 0.717) is 46.7 Å². The van der Waals surface area contributed by atoms with Crippen LogP contribution < -0.4 is 20.1 Å². The molecule has 1 amide bonds. The van der Waals surface area contributed by atoms with E-state index in [1.807, 2.05) is 30.3 Å². The number of amides is 1. The Bertz CT molecular complexity index is 1460. The van der Waals surface area contributed by atoms with Gasteiger partial charge in [0.15, 0.2) is 5.78 Å². The smallest absolute Gasteiger partial charge is 0.254 e. The molecule has 0 bridgehead atoms. The zero-order valence-electron chi connectivity index (χ0n) is 21.5. The molecular weight excluding hydrogens is 483 g/mol. The van der Waals surface area contributed by atoms with Gasteiger partial charge in [-0.05, 0) is 55.2 Å². The highest BCUT2D eigenvalue weighted by atomic mass is 19.1. The fourth-order valence-corrected chi connectivity index (χ4v) is 5.43. The van der Waals surface area contributed by atoms with Crippen LogP contribution in [0.15, 0.2) is 95.3 Å². The third kappa shape index (κ3) is 4.67. The lowest BCUT2D eigenvalue weighted by Crippen LogP contribution is -2.37. The molecule has 2 atom stereocenters. The summed E-state index contributed by atoms with van der Waals surface area (Å²) >= 11 is 0. The molecule has 6 nitrogen and oxygen atoms in total. The summed E-state index contributed by atoms with van der Waals surface area (Å²) in [5.41, 5.74) is 4.00. The molecule has 0 fully saturated rings. The summed E-state index contributed by atoms with van der Waals surface area (Å²) in [6.07, 6.45) is 0.933. The van der Waals surface area contributed by atoms with Crippen LogP contribution in [0.25, 0.3) is 0 Å². The Morgan fingerprint density at radius 3 is 2.42 bits per heavy atom. The van der Waals surface area contributed by atoms with Gasteiger partial charge in [0, 0.05) is 34.5 Å². The number of anilines is 1. The van der Waals surface area contributed by atoms with Gasteiger partial charge in [0.25, 0.3) is 5.91 Å². The fourth-order valence-electron chi connectivity index (χ4n) is 5.43. The average Bonchev–Trinajstić information content (AvgIpc) is 2.93. The average molecular weight is 513 g/mol. The number of hydrogen-bond donors (Lipinski definition) is 2. The van der Waals surface area contributed by atoms with Gasteiger partial charge in [0.2, 0.25) is 0 Å². The Labute approximate surface area is 221 Å². The number of rotatable bonds is 6. The van der Waals surface area contributed by atoms with Gasteiger partial charge in [-0.2, -0.15) is 0 Å². The highest BCUT2D eigenvalue weighted by molar-refractivity contribution is 6.10. The number of ketones is 1. The van der Waals surface area contributed by atoms with Gasteiger partial charge in [-0.3, -0.25) is 9.59 Å². The van der Waals surface area contributed by atoms with E-state index in [1.165, 1.54) is 12.1 Å². The van der Waals surface area contributed by atoms with E-state index in [2.05, 4.69) is 10.6 Å². The van der Waals surface area contributed by atoms with Crippen LogP contribution >= 0.6 is 0 Å². The van der Waals surface area contributed by atoms with Crippen molar-refractivity contribution in [2.45, 2.75) is 31.6 Å². The van der Waals surface area contributed by atoms with Crippen molar-refractivity contribution in [2.24, 2.45) is 0 Å². The molecule has 0 radical (unpaired) electrons. The molecule has 1 heterocycles. The number of allylic oxidation sites excluding steroid dienone is 3. The zero-order valence-corrected chi connectivity index (χ0v) is 21.5. The second-order valence-electron chi connectivity index (χ2n) is 9.47. The van der Waals surface area contributed by atoms with Crippen LogP contribution in [-0.2, 0) is 9.59 Å². The number of Topliss-reactive ketones (excluding diaryl/α,β-unsaturated/α-hetero) is 1. The Morgan fingerprint density at radius 1 is 0.974 bits per heavy atom. The van der Waals surface area contributed by atoms with Crippen LogP contribution in [0, 0.1) is 5.82 Å². The third-order valence-corrected chi connectivity index (χ3v) is 7.21. The maximum Gasteiger partial charge on any atom is 0.254 e. The van der Waals surface area contributed by atoms with E-state index < -0.39 is 17.6 Å². The van der Waals surface area contributed by atoms with Crippen molar-refractivity contribution in [2.75, 3.05) is 19.5 Å². The summed E-state index contributed by atoms with van der Waals surface area (Å²) in [5.74, 6) is -0.718. The molecule has 1 aliphatic carbocycles. The van der Waals surface area contributed by atoms with E-state index >= 15 is 0 Å². The second-order valence-corrected chi connectivity index (χ2v) is 9.47. The van der Waals surface area contributed by atoms with Gasteiger partial charge in [0.05, 0.1) is 25.8 Å². The number of hydrogen-bond acceptors (Lipinski definition) is 5. The van der Waals surface area contributed by atoms with E-state index in [0.717, 1.165) is 11.3 Å². The van der Waals surface area contributed by atoms with Crippen molar-refractivity contribution in [1.82, 2.24) is 5.32 Å². The summed E-state index contributed by atoms with van der Waals surface area (Å²) in [6.45, 7) is 1.80. The predicted octanol–water partition coefficient (Wildman–Crippen LogP) is 5.84. The van der Waals surface area contributed by atoms with Gasteiger partial charge < -0.3 is 20.1 Å². The number of halogens is 1. The van der Waals surface area contributed by atoms with E-state index in [4.69, 9.17) is 9.47 Å². The van der Waals surface area contributed by atoms with Crippen molar-refractivity contribution in [3.05, 3.63) is 112 Å². The molecule has 5 rings (SSSR count). The quantitative estimate of drug-likeness (QED) is 0.434. The number of methoxy groups -OCH3 is 2. The first kappa shape index (κ1) is 25.3. The van der Waals surface area contributed by atoms with Crippen molar-refractivity contribution in [3.8, 4) is 11.5 Å². The van der Waals surface area contributed by atoms with Crippen molar-refractivity contribution in [1.29, 1.82) is 0 Å². The third-order valence-electron chi connectivity index (χ3n) is 7.21. The number of nitrogens with one attached hydrogen (secondary N) is 2. The highest BCUT2D eigenvalue weighted by Crippen LogP contribution is 2.48. The molecule has 3 aromatic carbocycles. The number of benzene rings is 3. The van der Waals surface area contributed by atoms with Gasteiger partial charge in [0.1, 0.15) is 17.3 Å². The molecule has 38 heavy (non-hydrogen) atoms. The van der Waals surface area contributed by atoms with Crippen LogP contribution in [0.2, 0.25) is 0 Å². The number of para-hydroxylation sites is 1. The largest absolute Gasteiger partial charge is 0.497 e. The monoisotopic (exact) mass is 512 g/mol. The number of ether oxygens (including phenoxy) is 2. The Kier molecular flexibility index (Phi) is 7.01. The van der Waals surface area contributed by atoms with Crippen LogP contribution in [0.5, 0.6) is 11.5 Å². The van der Waals surface area contributed by atoms with Crippen LogP contribution in [0.4, 0.5) is 10.1 Å². The van der Waals surface area contributed by atoms with Crippen molar-refractivity contribution in [3.63, 3.8) is 0 Å². The molecule has 194 valence electrons. The summed E-state index contributed by atoms with van der Waals surface area (Å²) in [6, 6.07) is 21.3. The summed E-state index contributed by atoms with van der Waals surface area (Å²) < 4.78 is 25.6. The van der Waals surface area contributed by atoms with Crippen molar-refractivity contribution < 1.29 is 23.5 Å². The standard InChI is InChI=1S/C31H29FN2O4/c1-18-28(31(36)34-24-12-8-7-11-23(24)32)29(22-17-21(37-2)13-14-27(22)38-3)30-25(33-18)15-20(16-26(30)35)19-9-5-4-6-10-19/h4-14,17,20,29,33H,15-16H2,1-3H3,(H,34,36)/t20-,29+/m0/s1. The van der Waals surface area contributed by atoms with Gasteiger partial charge in [-0.15, -0.1) is 0 Å². The Hall–Kier alpha value is -4.39. The lowest BCUT2D eigenvalue weighted by Gasteiger charge is -2.37. The first-order valence-corrected chi connectivity index (χ1v) is 12.5. The molecule has 0 unspecified atom stereocenters. The summed E-state index contributed by atoms with van der Waals surface area (Å²) in [4.78, 5) is 27.6. The first-order chi connectivity index (χ1) is 18.4. The fraction of sp³-hybridized carbons (Fsp3) is 0.226. The van der Waals surface area contributed by atoms with Crippen molar-refractivity contribution >= 4 is 17.4 Å². The molecule has 2 N–H and O–H groups in total. The Balaban J connectivity index is 1.64. The minimum atomic E-state index is -0.729. The van der Waals surface area contributed by atoms with E-state index in [1.54, 1.807) is 51.5 Å². The SMILES string of the molecule is COc1ccc(OC)c([C@@H]2C(C(=O)Nc3ccccc3F)=C(C)NC3=C2C(=O)C[C@@H](c2ccccc2)C3)c1. The molecule has 3 aromatic rings. The summed E-state index contributed by atoms with van der Waals surface area (Å²) in [5, 5.41) is 6.06. The summed E-state index contributed by atoms with van der Waals surface area (Å²) in [7, 11) is 3.10. The maximum atomic E-state index is 14.4. The van der Waals surface area contributed by atoms with Crippen LogP contribution in [0.1, 0.15) is 42.7 Å².